The molecule has 0 fully saturated rings. The van der Waals surface area contributed by atoms with Crippen molar-refractivity contribution in [3.8, 4) is 0 Å². The van der Waals surface area contributed by atoms with Gasteiger partial charge in [0.15, 0.2) is 0 Å². The molecule has 0 saturated heterocycles. The summed E-state index contributed by atoms with van der Waals surface area (Å²) in [4.78, 5) is 22.7. The molecule has 0 unspecified atom stereocenters. The fourth-order valence-corrected chi connectivity index (χ4v) is 1.62. The molecule has 1 aromatic rings. The molecule has 1 atom stereocenters. The van der Waals surface area contributed by atoms with Gasteiger partial charge < -0.3 is 10.4 Å². The topological polar surface area (TPSA) is 66.4 Å². The van der Waals surface area contributed by atoms with E-state index in [1.165, 1.54) is 6.07 Å². The highest BCUT2D eigenvalue weighted by atomic mass is 19.4. The van der Waals surface area contributed by atoms with Crippen molar-refractivity contribution >= 4 is 11.9 Å². The van der Waals surface area contributed by atoms with Gasteiger partial charge >= 0.3 is 12.1 Å². The average Bonchev–Trinajstić information content (AvgIpc) is 2.37. The van der Waals surface area contributed by atoms with Crippen molar-refractivity contribution in [3.63, 3.8) is 0 Å². The Morgan fingerprint density at radius 2 is 2.00 bits per heavy atom. The van der Waals surface area contributed by atoms with Gasteiger partial charge in [0.1, 0.15) is 6.04 Å². The third-order valence-electron chi connectivity index (χ3n) is 2.63. The maximum atomic E-state index is 12.5. The van der Waals surface area contributed by atoms with Gasteiger partial charge in [-0.15, -0.1) is 0 Å². The number of rotatable bonds is 5. The van der Waals surface area contributed by atoms with E-state index in [1.807, 2.05) is 0 Å². The van der Waals surface area contributed by atoms with Gasteiger partial charge in [-0.1, -0.05) is 19.4 Å². The molecular formula is C13H14F3NO3. The molecule has 1 rings (SSSR count). The normalized spacial score (nSPS) is 12.8. The molecule has 7 heteroatoms. The van der Waals surface area contributed by atoms with E-state index < -0.39 is 29.7 Å². The molecule has 0 aliphatic rings. The van der Waals surface area contributed by atoms with Gasteiger partial charge in [-0.2, -0.15) is 13.2 Å². The van der Waals surface area contributed by atoms with Crippen molar-refractivity contribution in [2.24, 2.45) is 0 Å². The highest BCUT2D eigenvalue weighted by Crippen LogP contribution is 2.29. The second-order valence-electron chi connectivity index (χ2n) is 4.23. The Morgan fingerprint density at radius 3 is 2.50 bits per heavy atom. The van der Waals surface area contributed by atoms with E-state index in [-0.39, 0.29) is 12.0 Å². The van der Waals surface area contributed by atoms with E-state index in [9.17, 15) is 22.8 Å². The maximum absolute atomic E-state index is 12.5. The first-order chi connectivity index (χ1) is 9.25. The summed E-state index contributed by atoms with van der Waals surface area (Å²) >= 11 is 0. The number of nitrogens with one attached hydrogen (secondary N) is 1. The fourth-order valence-electron chi connectivity index (χ4n) is 1.62. The van der Waals surface area contributed by atoms with Gasteiger partial charge in [0.2, 0.25) is 0 Å². The first-order valence-electron chi connectivity index (χ1n) is 5.96. The molecule has 1 amide bonds. The van der Waals surface area contributed by atoms with Crippen molar-refractivity contribution in [2.45, 2.75) is 32.0 Å². The average molecular weight is 289 g/mol. The van der Waals surface area contributed by atoms with Crippen LogP contribution in [0.1, 0.15) is 35.7 Å². The number of carboxylic acid groups (broad SMARTS) is 1. The smallest absolute Gasteiger partial charge is 0.416 e. The molecule has 20 heavy (non-hydrogen) atoms. The van der Waals surface area contributed by atoms with E-state index in [2.05, 4.69) is 5.32 Å². The molecule has 0 radical (unpaired) electrons. The monoisotopic (exact) mass is 289 g/mol. The number of carbonyl (C=O) groups excluding carboxylic acids is 1. The van der Waals surface area contributed by atoms with E-state index >= 15 is 0 Å². The lowest BCUT2D eigenvalue weighted by Crippen LogP contribution is -2.40. The lowest BCUT2D eigenvalue weighted by atomic mass is 10.1. The Kier molecular flexibility index (Phi) is 5.12. The Morgan fingerprint density at radius 1 is 1.35 bits per heavy atom. The number of carboxylic acids is 1. The summed E-state index contributed by atoms with van der Waals surface area (Å²) in [5.41, 5.74) is -1.17. The minimum Gasteiger partial charge on any atom is -0.480 e. The second-order valence-corrected chi connectivity index (χ2v) is 4.23. The van der Waals surface area contributed by atoms with Crippen LogP contribution in [0.2, 0.25) is 0 Å². The van der Waals surface area contributed by atoms with Crippen molar-refractivity contribution in [2.75, 3.05) is 0 Å². The van der Waals surface area contributed by atoms with E-state index in [0.717, 1.165) is 12.1 Å². The number of halogens is 3. The van der Waals surface area contributed by atoms with Gasteiger partial charge in [-0.05, 0) is 24.6 Å². The largest absolute Gasteiger partial charge is 0.480 e. The van der Waals surface area contributed by atoms with Gasteiger partial charge in [-0.25, -0.2) is 4.79 Å². The minimum atomic E-state index is -4.55. The molecule has 0 spiro atoms. The predicted octanol–water partition coefficient (Wildman–Crippen LogP) is 2.69. The maximum Gasteiger partial charge on any atom is 0.416 e. The molecule has 0 saturated carbocycles. The van der Waals surface area contributed by atoms with Crippen LogP contribution in [0.3, 0.4) is 0 Å². The number of carbonyl (C=O) groups is 2. The van der Waals surface area contributed by atoms with Crippen LogP contribution in [0.5, 0.6) is 0 Å². The summed E-state index contributed by atoms with van der Waals surface area (Å²) < 4.78 is 37.6. The van der Waals surface area contributed by atoms with Crippen molar-refractivity contribution < 1.29 is 27.9 Å². The van der Waals surface area contributed by atoms with Crippen LogP contribution in [-0.2, 0) is 11.0 Å². The van der Waals surface area contributed by atoms with Crippen LogP contribution in [0.15, 0.2) is 24.3 Å². The lowest BCUT2D eigenvalue weighted by Gasteiger charge is -2.14. The van der Waals surface area contributed by atoms with Crippen LogP contribution in [0.25, 0.3) is 0 Å². The predicted molar refractivity (Wildman–Crippen MR) is 65.2 cm³/mol. The number of aliphatic carboxylic acids is 1. The summed E-state index contributed by atoms with van der Waals surface area (Å²) in [6, 6.07) is 2.74. The van der Waals surface area contributed by atoms with Gasteiger partial charge in [0.25, 0.3) is 5.91 Å². The fraction of sp³-hybridized carbons (Fsp3) is 0.385. The quantitative estimate of drug-likeness (QED) is 0.875. The van der Waals surface area contributed by atoms with E-state index in [4.69, 9.17) is 5.11 Å². The molecule has 2 N–H and O–H groups in total. The van der Waals surface area contributed by atoms with E-state index in [1.54, 1.807) is 6.92 Å². The Labute approximate surface area is 113 Å². The summed E-state index contributed by atoms with van der Waals surface area (Å²) in [5, 5.41) is 11.1. The first-order valence-corrected chi connectivity index (χ1v) is 5.96. The number of hydrogen-bond acceptors (Lipinski definition) is 2. The lowest BCUT2D eigenvalue weighted by molar-refractivity contribution is -0.139. The Balaban J connectivity index is 2.89. The minimum absolute atomic E-state index is 0.208. The Hall–Kier alpha value is -2.05. The standard InChI is InChI=1S/C13H14F3NO3/c1-2-4-10(12(19)20)17-11(18)8-5-3-6-9(7-8)13(14,15)16/h3,5-7,10H,2,4H2,1H3,(H,17,18)(H,19,20)/t10-/m0/s1. The van der Waals surface area contributed by atoms with Crippen LogP contribution in [0.4, 0.5) is 13.2 Å². The molecule has 4 nitrogen and oxygen atoms in total. The second kappa shape index (κ2) is 6.40. The summed E-state index contributed by atoms with van der Waals surface area (Å²) in [6.07, 6.45) is -3.81. The van der Waals surface area contributed by atoms with Crippen molar-refractivity contribution in [1.29, 1.82) is 0 Å². The number of alkyl halides is 3. The third kappa shape index (κ3) is 4.25. The van der Waals surface area contributed by atoms with Gasteiger partial charge in [0.05, 0.1) is 5.56 Å². The van der Waals surface area contributed by atoms with Crippen LogP contribution >= 0.6 is 0 Å². The zero-order valence-corrected chi connectivity index (χ0v) is 10.7. The van der Waals surface area contributed by atoms with Crippen molar-refractivity contribution in [3.05, 3.63) is 35.4 Å². The number of hydrogen-bond donors (Lipinski definition) is 2. The van der Waals surface area contributed by atoms with Crippen molar-refractivity contribution in [1.82, 2.24) is 5.32 Å². The third-order valence-corrected chi connectivity index (χ3v) is 2.63. The first kappa shape index (κ1) is 16.0. The summed E-state index contributed by atoms with van der Waals surface area (Å²) in [6.45, 7) is 1.74. The molecular weight excluding hydrogens is 275 g/mol. The van der Waals surface area contributed by atoms with E-state index in [0.29, 0.717) is 12.5 Å². The number of benzene rings is 1. The Bertz CT molecular complexity index is 500. The summed E-state index contributed by atoms with van der Waals surface area (Å²) in [7, 11) is 0. The molecule has 1 aromatic carbocycles. The summed E-state index contributed by atoms with van der Waals surface area (Å²) in [5.74, 6) is -2.05. The molecule has 0 bridgehead atoms. The highest BCUT2D eigenvalue weighted by Gasteiger charge is 2.31. The van der Waals surface area contributed by atoms with Crippen LogP contribution in [0, 0.1) is 0 Å². The highest BCUT2D eigenvalue weighted by molar-refractivity contribution is 5.96. The molecule has 0 heterocycles. The SMILES string of the molecule is CCC[C@H](NC(=O)c1cccc(C(F)(F)F)c1)C(=O)O. The molecule has 110 valence electrons. The molecule has 0 aliphatic carbocycles. The molecule has 0 aromatic heterocycles. The zero-order valence-electron chi connectivity index (χ0n) is 10.7. The van der Waals surface area contributed by atoms with Gasteiger partial charge in [-0.3, -0.25) is 4.79 Å². The van der Waals surface area contributed by atoms with Gasteiger partial charge in [0, 0.05) is 5.56 Å². The van der Waals surface area contributed by atoms with Crippen LogP contribution < -0.4 is 5.32 Å². The van der Waals surface area contributed by atoms with Crippen LogP contribution in [-0.4, -0.2) is 23.0 Å². The number of amides is 1. The zero-order chi connectivity index (χ0) is 15.3. The molecule has 0 aliphatic heterocycles.